The zero-order chi connectivity index (χ0) is 16.1. The minimum Gasteiger partial charge on any atom is -0.481 e. The summed E-state index contributed by atoms with van der Waals surface area (Å²) in [7, 11) is 0. The number of rotatable bonds is 5. The average Bonchev–Trinajstić information content (AvgIpc) is 2.53. The van der Waals surface area contributed by atoms with Crippen LogP contribution in [0.3, 0.4) is 0 Å². The number of hydrogen-bond donors (Lipinski definition) is 2. The number of amides is 2. The number of likely N-dealkylation sites (tertiary alicyclic amines) is 1. The fourth-order valence-electron chi connectivity index (χ4n) is 2.58. The van der Waals surface area contributed by atoms with E-state index >= 15 is 0 Å². The van der Waals surface area contributed by atoms with Crippen LogP contribution in [-0.4, -0.2) is 45.9 Å². The lowest BCUT2D eigenvalue weighted by Gasteiger charge is -2.31. The summed E-state index contributed by atoms with van der Waals surface area (Å²) in [6.45, 7) is 1.20. The van der Waals surface area contributed by atoms with E-state index in [2.05, 4.69) is 4.98 Å². The molecule has 2 amide bonds. The summed E-state index contributed by atoms with van der Waals surface area (Å²) < 4.78 is 0. The smallest absolute Gasteiger partial charge is 0.303 e. The summed E-state index contributed by atoms with van der Waals surface area (Å²) in [4.78, 5) is 39.5. The third kappa shape index (κ3) is 4.03. The highest BCUT2D eigenvalue weighted by Crippen LogP contribution is 2.22. The van der Waals surface area contributed by atoms with Crippen molar-refractivity contribution in [2.75, 3.05) is 13.1 Å². The van der Waals surface area contributed by atoms with Gasteiger partial charge in [-0.25, -0.2) is 0 Å². The Labute approximate surface area is 128 Å². The van der Waals surface area contributed by atoms with E-state index in [0.717, 1.165) is 12.8 Å². The van der Waals surface area contributed by atoms with Crippen molar-refractivity contribution in [3.63, 3.8) is 0 Å². The standard InChI is InChI=1S/C15H19N3O4/c16-14(21)11-2-3-12(17-9-11)15(22)18-7-5-10(6-8-18)1-4-13(19)20/h2-3,9-10H,1,4-8H2,(H2,16,21)(H,19,20). The summed E-state index contributed by atoms with van der Waals surface area (Å²) in [5.41, 5.74) is 5.69. The van der Waals surface area contributed by atoms with Crippen LogP contribution in [-0.2, 0) is 4.79 Å². The molecular weight excluding hydrogens is 286 g/mol. The van der Waals surface area contributed by atoms with E-state index in [1.54, 1.807) is 4.90 Å². The molecule has 2 heterocycles. The predicted molar refractivity (Wildman–Crippen MR) is 78.3 cm³/mol. The Bertz CT molecular complexity index is 563. The van der Waals surface area contributed by atoms with Gasteiger partial charge in [0.25, 0.3) is 5.91 Å². The molecule has 0 radical (unpaired) electrons. The summed E-state index contributed by atoms with van der Waals surface area (Å²) in [5.74, 6) is -1.18. The van der Waals surface area contributed by atoms with Gasteiger partial charge >= 0.3 is 5.97 Å². The Morgan fingerprint density at radius 2 is 1.95 bits per heavy atom. The number of carboxylic acid groups (broad SMARTS) is 1. The molecule has 7 nitrogen and oxygen atoms in total. The molecule has 0 spiro atoms. The van der Waals surface area contributed by atoms with E-state index in [-0.39, 0.29) is 23.6 Å². The first-order valence-electron chi connectivity index (χ1n) is 7.24. The van der Waals surface area contributed by atoms with Crippen molar-refractivity contribution in [2.24, 2.45) is 11.7 Å². The highest BCUT2D eigenvalue weighted by molar-refractivity contribution is 5.95. The first kappa shape index (κ1) is 15.9. The van der Waals surface area contributed by atoms with Gasteiger partial charge in [0.2, 0.25) is 5.91 Å². The molecule has 1 saturated heterocycles. The number of nitrogens with zero attached hydrogens (tertiary/aromatic N) is 2. The number of piperidine rings is 1. The van der Waals surface area contributed by atoms with Gasteiger partial charge in [0, 0.05) is 25.7 Å². The van der Waals surface area contributed by atoms with E-state index in [1.165, 1.54) is 18.3 Å². The Hall–Kier alpha value is -2.44. The van der Waals surface area contributed by atoms with Crippen LogP contribution in [0.4, 0.5) is 0 Å². The summed E-state index contributed by atoms with van der Waals surface area (Å²) in [5, 5.41) is 8.69. The van der Waals surface area contributed by atoms with Crippen molar-refractivity contribution in [2.45, 2.75) is 25.7 Å². The molecule has 0 bridgehead atoms. The van der Waals surface area contributed by atoms with Crippen molar-refractivity contribution in [3.8, 4) is 0 Å². The van der Waals surface area contributed by atoms with Crippen molar-refractivity contribution in [3.05, 3.63) is 29.6 Å². The molecule has 0 saturated carbocycles. The van der Waals surface area contributed by atoms with E-state index < -0.39 is 11.9 Å². The number of aromatic nitrogens is 1. The van der Waals surface area contributed by atoms with E-state index in [4.69, 9.17) is 10.8 Å². The molecule has 7 heteroatoms. The molecule has 0 aromatic carbocycles. The van der Waals surface area contributed by atoms with Gasteiger partial charge in [-0.2, -0.15) is 0 Å². The minimum absolute atomic E-state index is 0.173. The number of carboxylic acids is 1. The number of aliphatic carboxylic acids is 1. The Kier molecular flexibility index (Phi) is 5.08. The number of hydrogen-bond acceptors (Lipinski definition) is 4. The first-order chi connectivity index (χ1) is 10.5. The molecule has 1 aromatic rings. The topological polar surface area (TPSA) is 114 Å². The lowest BCUT2D eigenvalue weighted by atomic mass is 9.92. The van der Waals surface area contributed by atoms with Gasteiger partial charge in [-0.15, -0.1) is 0 Å². The first-order valence-corrected chi connectivity index (χ1v) is 7.24. The van der Waals surface area contributed by atoms with Crippen LogP contribution < -0.4 is 5.73 Å². The number of pyridine rings is 1. The molecule has 0 unspecified atom stereocenters. The second-order valence-electron chi connectivity index (χ2n) is 5.46. The molecular formula is C15H19N3O4. The van der Waals surface area contributed by atoms with Crippen LogP contribution in [0.5, 0.6) is 0 Å². The summed E-state index contributed by atoms with van der Waals surface area (Å²) in [6, 6.07) is 2.99. The van der Waals surface area contributed by atoms with E-state index in [1.807, 2.05) is 0 Å². The second kappa shape index (κ2) is 7.02. The van der Waals surface area contributed by atoms with Crippen LogP contribution >= 0.6 is 0 Å². The van der Waals surface area contributed by atoms with Crippen molar-refractivity contribution >= 4 is 17.8 Å². The molecule has 0 atom stereocenters. The maximum Gasteiger partial charge on any atom is 0.303 e. The zero-order valence-corrected chi connectivity index (χ0v) is 12.2. The lowest BCUT2D eigenvalue weighted by Crippen LogP contribution is -2.39. The predicted octanol–water partition coefficient (Wildman–Crippen LogP) is 0.897. The molecule has 1 aromatic heterocycles. The van der Waals surface area contributed by atoms with Crippen LogP contribution in [0.2, 0.25) is 0 Å². The molecule has 22 heavy (non-hydrogen) atoms. The van der Waals surface area contributed by atoms with Crippen LogP contribution in [0, 0.1) is 5.92 Å². The number of primary amides is 1. The molecule has 0 aliphatic carbocycles. The molecule has 118 valence electrons. The Morgan fingerprint density at radius 3 is 2.45 bits per heavy atom. The Balaban J connectivity index is 1.89. The van der Waals surface area contributed by atoms with Gasteiger partial charge in [-0.05, 0) is 37.3 Å². The maximum absolute atomic E-state index is 12.3. The number of carbonyl (C=O) groups is 3. The summed E-state index contributed by atoms with van der Waals surface area (Å²) >= 11 is 0. The van der Waals surface area contributed by atoms with Gasteiger partial charge in [-0.1, -0.05) is 0 Å². The molecule has 1 aliphatic heterocycles. The third-order valence-electron chi connectivity index (χ3n) is 3.94. The minimum atomic E-state index is -0.780. The highest BCUT2D eigenvalue weighted by atomic mass is 16.4. The van der Waals surface area contributed by atoms with Crippen molar-refractivity contribution in [1.29, 1.82) is 0 Å². The van der Waals surface area contributed by atoms with Crippen molar-refractivity contribution in [1.82, 2.24) is 9.88 Å². The van der Waals surface area contributed by atoms with Crippen LogP contribution in [0.15, 0.2) is 18.3 Å². The van der Waals surface area contributed by atoms with Crippen LogP contribution in [0.25, 0.3) is 0 Å². The van der Waals surface area contributed by atoms with Gasteiger partial charge < -0.3 is 15.7 Å². The normalized spacial score (nSPS) is 15.5. The summed E-state index contributed by atoms with van der Waals surface area (Å²) in [6.07, 6.45) is 3.74. The van der Waals surface area contributed by atoms with Gasteiger partial charge in [-0.3, -0.25) is 19.4 Å². The molecule has 3 N–H and O–H groups in total. The van der Waals surface area contributed by atoms with Gasteiger partial charge in [0.05, 0.1) is 5.56 Å². The maximum atomic E-state index is 12.3. The zero-order valence-electron chi connectivity index (χ0n) is 12.2. The van der Waals surface area contributed by atoms with Crippen molar-refractivity contribution < 1.29 is 19.5 Å². The van der Waals surface area contributed by atoms with E-state index in [9.17, 15) is 14.4 Å². The third-order valence-corrected chi connectivity index (χ3v) is 3.94. The molecule has 1 fully saturated rings. The second-order valence-corrected chi connectivity index (χ2v) is 5.46. The fraction of sp³-hybridized carbons (Fsp3) is 0.467. The number of carbonyl (C=O) groups excluding carboxylic acids is 2. The lowest BCUT2D eigenvalue weighted by molar-refractivity contribution is -0.137. The largest absolute Gasteiger partial charge is 0.481 e. The molecule has 2 rings (SSSR count). The quantitative estimate of drug-likeness (QED) is 0.839. The Morgan fingerprint density at radius 1 is 1.27 bits per heavy atom. The van der Waals surface area contributed by atoms with E-state index in [0.29, 0.717) is 25.4 Å². The SMILES string of the molecule is NC(=O)c1ccc(C(=O)N2CCC(CCC(=O)O)CC2)nc1. The molecule has 1 aliphatic rings. The van der Waals surface area contributed by atoms with Gasteiger partial charge in [0.1, 0.15) is 5.69 Å². The fourth-order valence-corrected chi connectivity index (χ4v) is 2.58. The monoisotopic (exact) mass is 305 g/mol. The van der Waals surface area contributed by atoms with Crippen LogP contribution in [0.1, 0.15) is 46.5 Å². The average molecular weight is 305 g/mol. The number of nitrogens with two attached hydrogens (primary N) is 1. The highest BCUT2D eigenvalue weighted by Gasteiger charge is 2.24. The van der Waals surface area contributed by atoms with Gasteiger partial charge in [0.15, 0.2) is 0 Å².